The van der Waals surface area contributed by atoms with E-state index in [1.165, 1.54) is 0 Å². The first kappa shape index (κ1) is 23.7. The Morgan fingerprint density at radius 1 is 1.09 bits per heavy atom. The second-order valence-corrected chi connectivity index (χ2v) is 8.64. The van der Waals surface area contributed by atoms with Crippen LogP contribution >= 0.6 is 22.6 Å². The number of fused-ring (bicyclic) bond motifs is 1. The van der Waals surface area contributed by atoms with Gasteiger partial charge in [0.2, 0.25) is 0 Å². The standard InChI is InChI=1S/C23H23IN6O4/c1-14-21(24)15(2)30(28-14)12-19-27-23(34-29-19)22(32)26-10-9-25-20(31)13-33-18-8-7-16-5-3-4-6-17(16)11-18/h3-8,11H,9-10,12-13H2,1-2H3,(H,25,31)(H,26,32). The summed E-state index contributed by atoms with van der Waals surface area (Å²) in [6.07, 6.45) is 0. The second kappa shape index (κ2) is 10.6. The van der Waals surface area contributed by atoms with Crippen LogP contribution in [0.2, 0.25) is 0 Å². The van der Waals surface area contributed by atoms with Crippen LogP contribution in [0.25, 0.3) is 10.8 Å². The Balaban J connectivity index is 1.18. The first-order valence-electron chi connectivity index (χ1n) is 10.6. The van der Waals surface area contributed by atoms with E-state index >= 15 is 0 Å². The molecule has 176 valence electrons. The van der Waals surface area contributed by atoms with Crippen molar-refractivity contribution < 1.29 is 18.8 Å². The van der Waals surface area contributed by atoms with Crippen molar-refractivity contribution in [2.45, 2.75) is 20.4 Å². The van der Waals surface area contributed by atoms with Gasteiger partial charge in [0.15, 0.2) is 12.4 Å². The van der Waals surface area contributed by atoms with Crippen molar-refractivity contribution in [3.8, 4) is 5.75 Å². The molecule has 0 fully saturated rings. The Kier molecular flexibility index (Phi) is 7.40. The molecule has 0 aliphatic heterocycles. The molecule has 11 heteroatoms. The number of halogens is 1. The molecule has 0 saturated heterocycles. The number of nitrogens with zero attached hydrogens (tertiary/aromatic N) is 4. The van der Waals surface area contributed by atoms with Crippen molar-refractivity contribution in [2.75, 3.05) is 19.7 Å². The summed E-state index contributed by atoms with van der Waals surface area (Å²) in [6, 6.07) is 13.6. The van der Waals surface area contributed by atoms with Crippen LogP contribution in [-0.2, 0) is 11.3 Å². The summed E-state index contributed by atoms with van der Waals surface area (Å²) in [5, 5.41) is 15.7. The van der Waals surface area contributed by atoms with Gasteiger partial charge in [-0.3, -0.25) is 14.3 Å². The van der Waals surface area contributed by atoms with Gasteiger partial charge in [-0.25, -0.2) is 0 Å². The summed E-state index contributed by atoms with van der Waals surface area (Å²) in [4.78, 5) is 28.4. The van der Waals surface area contributed by atoms with Crippen LogP contribution in [0, 0.1) is 17.4 Å². The molecule has 0 bridgehead atoms. The van der Waals surface area contributed by atoms with Crippen molar-refractivity contribution in [2.24, 2.45) is 0 Å². The Morgan fingerprint density at radius 3 is 2.62 bits per heavy atom. The molecule has 34 heavy (non-hydrogen) atoms. The monoisotopic (exact) mass is 574 g/mol. The minimum absolute atomic E-state index is 0.120. The Hall–Kier alpha value is -3.48. The topological polar surface area (TPSA) is 124 Å². The van der Waals surface area contributed by atoms with Gasteiger partial charge in [-0.2, -0.15) is 10.1 Å². The molecule has 2 aromatic heterocycles. The lowest BCUT2D eigenvalue weighted by Crippen LogP contribution is -2.36. The van der Waals surface area contributed by atoms with Crippen LogP contribution in [0.3, 0.4) is 0 Å². The zero-order valence-corrected chi connectivity index (χ0v) is 20.8. The van der Waals surface area contributed by atoms with Gasteiger partial charge in [0.25, 0.3) is 5.91 Å². The number of amides is 2. The van der Waals surface area contributed by atoms with Crippen LogP contribution in [0.15, 0.2) is 47.0 Å². The fourth-order valence-corrected chi connectivity index (χ4v) is 3.67. The molecule has 0 atom stereocenters. The smallest absolute Gasteiger partial charge is 0.316 e. The normalized spacial score (nSPS) is 10.9. The lowest BCUT2D eigenvalue weighted by molar-refractivity contribution is -0.123. The molecule has 2 N–H and O–H groups in total. The summed E-state index contributed by atoms with van der Waals surface area (Å²) < 4.78 is 13.4. The highest BCUT2D eigenvalue weighted by molar-refractivity contribution is 14.1. The molecule has 10 nitrogen and oxygen atoms in total. The summed E-state index contributed by atoms with van der Waals surface area (Å²) in [6.45, 7) is 4.50. The molecule has 0 radical (unpaired) electrons. The number of rotatable bonds is 9. The van der Waals surface area contributed by atoms with Crippen molar-refractivity contribution in [3.63, 3.8) is 0 Å². The predicted molar refractivity (Wildman–Crippen MR) is 133 cm³/mol. The number of hydrogen-bond donors (Lipinski definition) is 2. The molecule has 4 rings (SSSR count). The number of hydrogen-bond acceptors (Lipinski definition) is 7. The summed E-state index contributed by atoms with van der Waals surface area (Å²) in [7, 11) is 0. The summed E-state index contributed by atoms with van der Waals surface area (Å²) in [5.74, 6) is 0.0263. The van der Waals surface area contributed by atoms with Crippen LogP contribution < -0.4 is 15.4 Å². The third-order valence-corrected chi connectivity index (χ3v) is 6.63. The number of benzene rings is 2. The van der Waals surface area contributed by atoms with Gasteiger partial charge in [-0.15, -0.1) is 0 Å². The average molecular weight is 574 g/mol. The first-order chi connectivity index (χ1) is 16.4. The number of carbonyl (C=O) groups excluding carboxylic acids is 2. The summed E-state index contributed by atoms with van der Waals surface area (Å²) >= 11 is 2.23. The largest absolute Gasteiger partial charge is 0.484 e. The molecule has 0 aliphatic carbocycles. The van der Waals surface area contributed by atoms with E-state index in [2.05, 4.69) is 48.5 Å². The molecule has 2 aromatic carbocycles. The number of aromatic nitrogens is 4. The number of carbonyl (C=O) groups is 2. The molecule has 2 heterocycles. The average Bonchev–Trinajstić information content (AvgIpc) is 3.41. The molecular weight excluding hydrogens is 551 g/mol. The molecular formula is C23H23IN6O4. The Labute approximate surface area is 209 Å². The zero-order valence-electron chi connectivity index (χ0n) is 18.7. The molecule has 0 aliphatic rings. The van der Waals surface area contributed by atoms with Crippen molar-refractivity contribution in [1.29, 1.82) is 0 Å². The Bertz CT molecular complexity index is 1330. The minimum Gasteiger partial charge on any atom is -0.484 e. The number of aryl methyl sites for hydroxylation is 1. The maximum atomic E-state index is 12.2. The van der Waals surface area contributed by atoms with Gasteiger partial charge in [0, 0.05) is 18.8 Å². The van der Waals surface area contributed by atoms with Crippen LogP contribution in [0.4, 0.5) is 0 Å². The van der Waals surface area contributed by atoms with Gasteiger partial charge < -0.3 is 19.9 Å². The maximum absolute atomic E-state index is 12.2. The quantitative estimate of drug-likeness (QED) is 0.233. The second-order valence-electron chi connectivity index (χ2n) is 7.56. The van der Waals surface area contributed by atoms with Gasteiger partial charge in [0.1, 0.15) is 12.3 Å². The van der Waals surface area contributed by atoms with E-state index in [9.17, 15) is 9.59 Å². The lowest BCUT2D eigenvalue weighted by Gasteiger charge is -2.08. The highest BCUT2D eigenvalue weighted by Crippen LogP contribution is 2.20. The predicted octanol–water partition coefficient (Wildman–Crippen LogP) is 2.61. The third kappa shape index (κ3) is 5.71. The highest BCUT2D eigenvalue weighted by atomic mass is 127. The number of ether oxygens (including phenoxy) is 1. The SMILES string of the molecule is Cc1nn(Cc2noc(C(=O)NCCNC(=O)COc3ccc4ccccc4c3)n2)c(C)c1I. The fraction of sp³-hybridized carbons (Fsp3) is 0.261. The lowest BCUT2D eigenvalue weighted by atomic mass is 10.1. The molecule has 0 saturated carbocycles. The van der Waals surface area contributed by atoms with Crippen molar-refractivity contribution in [3.05, 3.63) is 69.1 Å². The van der Waals surface area contributed by atoms with Crippen molar-refractivity contribution in [1.82, 2.24) is 30.6 Å². The Morgan fingerprint density at radius 2 is 1.85 bits per heavy atom. The fourth-order valence-electron chi connectivity index (χ4n) is 3.28. The molecule has 4 aromatic rings. The molecule has 2 amide bonds. The van der Waals surface area contributed by atoms with Gasteiger partial charge >= 0.3 is 11.8 Å². The minimum atomic E-state index is -0.511. The molecule has 0 spiro atoms. The number of nitrogens with one attached hydrogen (secondary N) is 2. The van der Waals surface area contributed by atoms with Gasteiger partial charge in [0.05, 0.1) is 9.26 Å². The van der Waals surface area contributed by atoms with E-state index in [1.807, 2.05) is 56.3 Å². The zero-order chi connectivity index (χ0) is 24.1. The van der Waals surface area contributed by atoms with E-state index in [-0.39, 0.29) is 31.5 Å². The van der Waals surface area contributed by atoms with E-state index in [1.54, 1.807) is 4.68 Å². The van der Waals surface area contributed by atoms with Crippen LogP contribution in [0.5, 0.6) is 5.75 Å². The maximum Gasteiger partial charge on any atom is 0.316 e. The molecule has 0 unspecified atom stereocenters. The highest BCUT2D eigenvalue weighted by Gasteiger charge is 2.17. The first-order valence-corrected chi connectivity index (χ1v) is 11.7. The van der Waals surface area contributed by atoms with Crippen molar-refractivity contribution >= 4 is 45.2 Å². The van der Waals surface area contributed by atoms with E-state index < -0.39 is 5.91 Å². The van der Waals surface area contributed by atoms with E-state index in [0.717, 1.165) is 25.7 Å². The van der Waals surface area contributed by atoms with Gasteiger partial charge in [-0.1, -0.05) is 35.5 Å². The summed E-state index contributed by atoms with van der Waals surface area (Å²) in [5.41, 5.74) is 1.92. The van der Waals surface area contributed by atoms with E-state index in [0.29, 0.717) is 18.1 Å². The van der Waals surface area contributed by atoms with Crippen LogP contribution in [0.1, 0.15) is 27.9 Å². The van der Waals surface area contributed by atoms with Crippen LogP contribution in [-0.4, -0.2) is 51.4 Å². The van der Waals surface area contributed by atoms with Gasteiger partial charge in [-0.05, 0) is 59.3 Å². The third-order valence-electron chi connectivity index (χ3n) is 5.07. The van der Waals surface area contributed by atoms with E-state index in [4.69, 9.17) is 9.26 Å².